The summed E-state index contributed by atoms with van der Waals surface area (Å²) in [5, 5.41) is 6.73. The lowest BCUT2D eigenvalue weighted by molar-refractivity contribution is 0.322. The van der Waals surface area contributed by atoms with E-state index in [1.807, 2.05) is 12.1 Å². The van der Waals surface area contributed by atoms with Crippen molar-refractivity contribution in [2.24, 2.45) is 10.9 Å². The van der Waals surface area contributed by atoms with E-state index in [1.165, 1.54) is 38.5 Å². The molecule has 0 amide bonds. The molecule has 6 nitrogen and oxygen atoms in total. The average Bonchev–Trinajstić information content (AvgIpc) is 3.19. The van der Waals surface area contributed by atoms with Gasteiger partial charge in [0, 0.05) is 25.7 Å². The molecule has 1 aliphatic carbocycles. The Morgan fingerprint density at radius 1 is 1.04 bits per heavy atom. The van der Waals surface area contributed by atoms with Gasteiger partial charge in [-0.25, -0.2) is 0 Å². The smallest absolute Gasteiger partial charge is 0.203 e. The zero-order valence-corrected chi connectivity index (χ0v) is 16.6. The van der Waals surface area contributed by atoms with Crippen molar-refractivity contribution in [3.63, 3.8) is 0 Å². The molecule has 1 saturated carbocycles. The van der Waals surface area contributed by atoms with E-state index < -0.39 is 0 Å². The normalized spacial score (nSPS) is 15.0. The minimum absolute atomic E-state index is 0.589. The number of guanidine groups is 1. The highest BCUT2D eigenvalue weighted by Crippen LogP contribution is 2.39. The Hall–Kier alpha value is -2.11. The fraction of sp³-hybridized carbons (Fsp3) is 0.650. The first-order valence-corrected chi connectivity index (χ1v) is 9.45. The molecule has 1 aromatic rings. The molecular weight excluding hydrogens is 330 g/mol. The van der Waals surface area contributed by atoms with E-state index in [9.17, 15) is 0 Å². The first-order valence-electron chi connectivity index (χ1n) is 9.45. The first-order chi connectivity index (χ1) is 12.7. The van der Waals surface area contributed by atoms with Crippen molar-refractivity contribution in [2.45, 2.75) is 45.1 Å². The SMILES string of the molecule is CN=C(NCCCC1CCCC1)NCc1ccc(OC)c(OC)c1OC. The molecule has 1 aliphatic rings. The lowest BCUT2D eigenvalue weighted by Gasteiger charge is -2.17. The molecule has 26 heavy (non-hydrogen) atoms. The lowest BCUT2D eigenvalue weighted by Crippen LogP contribution is -2.37. The summed E-state index contributed by atoms with van der Waals surface area (Å²) in [6.07, 6.45) is 8.14. The van der Waals surface area contributed by atoms with Gasteiger partial charge in [0.1, 0.15) is 0 Å². The molecule has 6 heteroatoms. The van der Waals surface area contributed by atoms with E-state index in [0.717, 1.165) is 24.0 Å². The van der Waals surface area contributed by atoms with Crippen molar-refractivity contribution in [1.82, 2.24) is 10.6 Å². The van der Waals surface area contributed by atoms with Crippen molar-refractivity contribution in [1.29, 1.82) is 0 Å². The highest BCUT2D eigenvalue weighted by molar-refractivity contribution is 5.79. The molecule has 0 aliphatic heterocycles. The quantitative estimate of drug-likeness (QED) is 0.400. The van der Waals surface area contributed by atoms with Crippen molar-refractivity contribution in [3.8, 4) is 17.2 Å². The van der Waals surface area contributed by atoms with E-state index >= 15 is 0 Å². The monoisotopic (exact) mass is 363 g/mol. The third kappa shape index (κ3) is 5.44. The van der Waals surface area contributed by atoms with Crippen LogP contribution in [-0.2, 0) is 6.54 Å². The van der Waals surface area contributed by atoms with Crippen LogP contribution in [0.3, 0.4) is 0 Å². The number of nitrogens with one attached hydrogen (secondary N) is 2. The van der Waals surface area contributed by atoms with Gasteiger partial charge in [0.2, 0.25) is 5.75 Å². The van der Waals surface area contributed by atoms with E-state index in [0.29, 0.717) is 23.8 Å². The average molecular weight is 364 g/mol. The molecule has 0 spiro atoms. The summed E-state index contributed by atoms with van der Waals surface area (Å²) < 4.78 is 16.3. The van der Waals surface area contributed by atoms with Crippen LogP contribution in [0.25, 0.3) is 0 Å². The molecule has 1 fully saturated rings. The Morgan fingerprint density at radius 3 is 2.38 bits per heavy atom. The van der Waals surface area contributed by atoms with Crippen LogP contribution in [0.4, 0.5) is 0 Å². The van der Waals surface area contributed by atoms with Gasteiger partial charge in [0.05, 0.1) is 21.3 Å². The number of nitrogens with zero attached hydrogens (tertiary/aromatic N) is 1. The van der Waals surface area contributed by atoms with Crippen molar-refractivity contribution in [3.05, 3.63) is 17.7 Å². The summed E-state index contributed by atoms with van der Waals surface area (Å²) in [4.78, 5) is 4.30. The zero-order chi connectivity index (χ0) is 18.8. The maximum atomic E-state index is 5.53. The van der Waals surface area contributed by atoms with E-state index in [2.05, 4.69) is 15.6 Å². The first kappa shape index (κ1) is 20.2. The summed E-state index contributed by atoms with van der Waals surface area (Å²) in [5.41, 5.74) is 0.985. The van der Waals surface area contributed by atoms with E-state index in [1.54, 1.807) is 28.4 Å². The number of rotatable bonds is 9. The molecule has 0 bridgehead atoms. The fourth-order valence-corrected chi connectivity index (χ4v) is 3.60. The number of ether oxygens (including phenoxy) is 3. The molecule has 0 atom stereocenters. The van der Waals surface area contributed by atoms with Crippen molar-refractivity contribution in [2.75, 3.05) is 34.9 Å². The van der Waals surface area contributed by atoms with Gasteiger partial charge in [-0.05, 0) is 30.9 Å². The summed E-state index contributed by atoms with van der Waals surface area (Å²) in [6.45, 7) is 1.53. The van der Waals surface area contributed by atoms with Crippen LogP contribution < -0.4 is 24.8 Å². The second-order valence-corrected chi connectivity index (χ2v) is 6.64. The zero-order valence-electron chi connectivity index (χ0n) is 16.6. The third-order valence-corrected chi connectivity index (χ3v) is 5.01. The molecule has 0 unspecified atom stereocenters. The number of aliphatic imine (C=N–C) groups is 1. The standard InChI is InChI=1S/C20H33N3O3/c1-21-20(22-13-7-10-15-8-5-6-9-15)23-14-16-11-12-17(24-2)19(26-4)18(16)25-3/h11-12,15H,5-10,13-14H2,1-4H3,(H2,21,22,23). The summed E-state index contributed by atoms with van der Waals surface area (Å²) in [6, 6.07) is 3.86. The molecule has 0 radical (unpaired) electrons. The van der Waals surface area contributed by atoms with Crippen LogP contribution >= 0.6 is 0 Å². The molecular formula is C20H33N3O3. The lowest BCUT2D eigenvalue weighted by atomic mass is 10.0. The largest absolute Gasteiger partial charge is 0.493 e. The summed E-state index contributed by atoms with van der Waals surface area (Å²) in [5.74, 6) is 3.67. The Balaban J connectivity index is 1.85. The van der Waals surface area contributed by atoms with E-state index in [-0.39, 0.29) is 0 Å². The minimum Gasteiger partial charge on any atom is -0.493 e. The Labute approximate surface area is 157 Å². The van der Waals surface area contributed by atoms with Crippen LogP contribution in [0.1, 0.15) is 44.1 Å². The maximum absolute atomic E-state index is 5.53. The Kier molecular flexibility index (Phi) is 8.38. The molecule has 1 aromatic carbocycles. The highest BCUT2D eigenvalue weighted by atomic mass is 16.5. The van der Waals surface area contributed by atoms with Gasteiger partial charge < -0.3 is 24.8 Å². The second-order valence-electron chi connectivity index (χ2n) is 6.64. The molecule has 2 N–H and O–H groups in total. The van der Waals surface area contributed by atoms with Crippen LogP contribution in [0.15, 0.2) is 17.1 Å². The molecule has 146 valence electrons. The number of methoxy groups -OCH3 is 3. The van der Waals surface area contributed by atoms with Crippen molar-refractivity contribution < 1.29 is 14.2 Å². The van der Waals surface area contributed by atoms with Crippen LogP contribution in [0, 0.1) is 5.92 Å². The van der Waals surface area contributed by atoms with Gasteiger partial charge in [0.25, 0.3) is 0 Å². The summed E-state index contributed by atoms with van der Waals surface area (Å²) in [7, 11) is 6.66. The van der Waals surface area contributed by atoms with Crippen LogP contribution in [0.2, 0.25) is 0 Å². The van der Waals surface area contributed by atoms with Gasteiger partial charge in [-0.3, -0.25) is 4.99 Å². The van der Waals surface area contributed by atoms with Gasteiger partial charge in [-0.15, -0.1) is 0 Å². The molecule has 0 aromatic heterocycles. The molecule has 2 rings (SSSR count). The minimum atomic E-state index is 0.589. The second kappa shape index (κ2) is 10.8. The number of benzene rings is 1. The number of hydrogen-bond acceptors (Lipinski definition) is 4. The number of hydrogen-bond donors (Lipinski definition) is 2. The van der Waals surface area contributed by atoms with E-state index in [4.69, 9.17) is 14.2 Å². The van der Waals surface area contributed by atoms with Crippen LogP contribution in [0.5, 0.6) is 17.2 Å². The highest BCUT2D eigenvalue weighted by Gasteiger charge is 2.16. The summed E-state index contributed by atoms with van der Waals surface area (Å²) >= 11 is 0. The van der Waals surface area contributed by atoms with Gasteiger partial charge >= 0.3 is 0 Å². The van der Waals surface area contributed by atoms with Gasteiger partial charge in [-0.1, -0.05) is 25.7 Å². The maximum Gasteiger partial charge on any atom is 0.203 e. The van der Waals surface area contributed by atoms with Crippen molar-refractivity contribution >= 4 is 5.96 Å². The molecule has 0 saturated heterocycles. The van der Waals surface area contributed by atoms with Gasteiger partial charge in [0.15, 0.2) is 17.5 Å². The molecule has 0 heterocycles. The van der Waals surface area contributed by atoms with Gasteiger partial charge in [-0.2, -0.15) is 0 Å². The Bertz CT molecular complexity index is 584. The fourth-order valence-electron chi connectivity index (χ4n) is 3.60. The Morgan fingerprint density at radius 2 is 1.77 bits per heavy atom. The topological polar surface area (TPSA) is 64.1 Å². The van der Waals surface area contributed by atoms with Crippen LogP contribution in [-0.4, -0.2) is 40.9 Å². The predicted octanol–water partition coefficient (Wildman–Crippen LogP) is 3.35. The predicted molar refractivity (Wildman–Crippen MR) is 105 cm³/mol. The third-order valence-electron chi connectivity index (χ3n) is 5.01.